The summed E-state index contributed by atoms with van der Waals surface area (Å²) in [6.45, 7) is 0.434. The van der Waals surface area contributed by atoms with Gasteiger partial charge in [-0.05, 0) is 28.1 Å². The van der Waals surface area contributed by atoms with Gasteiger partial charge < -0.3 is 10.7 Å². The summed E-state index contributed by atoms with van der Waals surface area (Å²) in [7, 11) is 0. The van der Waals surface area contributed by atoms with E-state index < -0.39 is 0 Å². The lowest BCUT2D eigenvalue weighted by Gasteiger charge is -1.94. The van der Waals surface area contributed by atoms with E-state index in [-0.39, 0.29) is 0 Å². The number of aromatic nitrogens is 2. The molecule has 2 aromatic heterocycles. The average Bonchev–Trinajstić information content (AvgIpc) is 2.71. The van der Waals surface area contributed by atoms with Gasteiger partial charge in [-0.3, -0.25) is 0 Å². The van der Waals surface area contributed by atoms with E-state index >= 15 is 0 Å². The van der Waals surface area contributed by atoms with E-state index in [1.165, 1.54) is 11.3 Å². The molecule has 2 rings (SSSR count). The summed E-state index contributed by atoms with van der Waals surface area (Å²) < 4.78 is 1.44. The quantitative estimate of drug-likeness (QED) is 0.894. The highest BCUT2D eigenvalue weighted by atomic mass is 79.9. The van der Waals surface area contributed by atoms with Gasteiger partial charge in [0.25, 0.3) is 0 Å². The van der Waals surface area contributed by atoms with Gasteiger partial charge in [-0.1, -0.05) is 11.6 Å². The van der Waals surface area contributed by atoms with E-state index in [0.717, 1.165) is 20.6 Å². The van der Waals surface area contributed by atoms with Crippen molar-refractivity contribution in [1.29, 1.82) is 0 Å². The molecule has 14 heavy (non-hydrogen) atoms. The summed E-state index contributed by atoms with van der Waals surface area (Å²) in [5, 5.41) is 0. The van der Waals surface area contributed by atoms with Gasteiger partial charge in [-0.25, -0.2) is 4.98 Å². The van der Waals surface area contributed by atoms with Gasteiger partial charge in [0.05, 0.1) is 14.9 Å². The maximum atomic E-state index is 5.85. The Morgan fingerprint density at radius 2 is 2.36 bits per heavy atom. The fraction of sp³-hybridized carbons (Fsp3) is 0.125. The second-order valence-corrected chi connectivity index (χ2v) is 5.13. The number of halogens is 2. The highest BCUT2D eigenvalue weighted by Crippen LogP contribution is 2.32. The van der Waals surface area contributed by atoms with Gasteiger partial charge in [0, 0.05) is 6.54 Å². The van der Waals surface area contributed by atoms with Crippen molar-refractivity contribution in [1.82, 2.24) is 9.97 Å². The Morgan fingerprint density at radius 3 is 2.93 bits per heavy atom. The van der Waals surface area contributed by atoms with Crippen LogP contribution in [0.3, 0.4) is 0 Å². The molecule has 6 heteroatoms. The Kier molecular flexibility index (Phi) is 2.92. The molecule has 0 bridgehead atoms. The molecule has 0 spiro atoms. The summed E-state index contributed by atoms with van der Waals surface area (Å²) in [6, 6.07) is 3.79. The van der Waals surface area contributed by atoms with Gasteiger partial charge in [-0.15, -0.1) is 11.3 Å². The largest absolute Gasteiger partial charge is 0.335 e. The predicted octanol–water partition coefficient (Wildman–Crippen LogP) is 3.01. The minimum Gasteiger partial charge on any atom is -0.335 e. The van der Waals surface area contributed by atoms with Crippen LogP contribution in [0.4, 0.5) is 0 Å². The summed E-state index contributed by atoms with van der Waals surface area (Å²) in [5.74, 6) is 0. The normalized spacial score (nSPS) is 10.8. The number of hydrogen-bond acceptors (Lipinski definition) is 3. The van der Waals surface area contributed by atoms with Crippen molar-refractivity contribution >= 4 is 38.9 Å². The fourth-order valence-corrected chi connectivity index (χ4v) is 2.65. The van der Waals surface area contributed by atoms with Crippen LogP contribution >= 0.6 is 38.9 Å². The van der Waals surface area contributed by atoms with Crippen molar-refractivity contribution in [3.05, 3.63) is 26.9 Å². The number of thiophene rings is 1. The number of hydrogen-bond donors (Lipinski definition) is 2. The first kappa shape index (κ1) is 10.2. The van der Waals surface area contributed by atoms with Crippen LogP contribution in [0.15, 0.2) is 16.9 Å². The zero-order valence-electron chi connectivity index (χ0n) is 7.05. The van der Waals surface area contributed by atoms with Crippen molar-refractivity contribution in [3.8, 4) is 10.6 Å². The molecule has 0 radical (unpaired) electrons. The molecule has 2 heterocycles. The Hall–Kier alpha value is -0.360. The van der Waals surface area contributed by atoms with Crippen LogP contribution in [0.2, 0.25) is 4.34 Å². The van der Waals surface area contributed by atoms with E-state index in [2.05, 4.69) is 25.9 Å². The van der Waals surface area contributed by atoms with Crippen LogP contribution in [0.25, 0.3) is 10.6 Å². The minimum absolute atomic E-state index is 0.434. The van der Waals surface area contributed by atoms with Crippen LogP contribution in [0, 0.1) is 0 Å². The molecule has 0 unspecified atom stereocenters. The second-order valence-electron chi connectivity index (χ2n) is 2.66. The maximum absolute atomic E-state index is 5.85. The topological polar surface area (TPSA) is 54.7 Å². The Labute approximate surface area is 98.4 Å². The number of rotatable bonds is 2. The van der Waals surface area contributed by atoms with Crippen LogP contribution in [-0.2, 0) is 6.54 Å². The molecule has 0 amide bonds. The third kappa shape index (κ3) is 1.86. The lowest BCUT2D eigenvalue weighted by Crippen LogP contribution is -1.97. The summed E-state index contributed by atoms with van der Waals surface area (Å²) in [5.41, 5.74) is 7.37. The van der Waals surface area contributed by atoms with Gasteiger partial charge in [0.1, 0.15) is 5.69 Å². The van der Waals surface area contributed by atoms with Crippen LogP contribution in [-0.4, -0.2) is 9.97 Å². The summed E-state index contributed by atoms with van der Waals surface area (Å²) >= 11 is 10.6. The van der Waals surface area contributed by atoms with Crippen molar-refractivity contribution in [2.45, 2.75) is 6.54 Å². The molecule has 0 saturated carbocycles. The zero-order valence-corrected chi connectivity index (χ0v) is 10.2. The first-order valence-corrected chi connectivity index (χ1v) is 5.89. The van der Waals surface area contributed by atoms with E-state index in [9.17, 15) is 0 Å². The molecule has 0 aromatic carbocycles. The Balaban J connectivity index is 2.49. The molecule has 0 aliphatic carbocycles. The monoisotopic (exact) mass is 291 g/mol. The van der Waals surface area contributed by atoms with E-state index in [1.54, 1.807) is 0 Å². The molecule has 0 saturated heterocycles. The van der Waals surface area contributed by atoms with Crippen molar-refractivity contribution in [3.63, 3.8) is 0 Å². The van der Waals surface area contributed by atoms with Crippen molar-refractivity contribution in [2.24, 2.45) is 5.73 Å². The van der Waals surface area contributed by atoms with Gasteiger partial charge in [0.2, 0.25) is 0 Å². The number of imidazole rings is 1. The smallest absolute Gasteiger partial charge is 0.175 e. The van der Waals surface area contributed by atoms with E-state index in [1.807, 2.05) is 12.1 Å². The molecule has 3 N–H and O–H groups in total. The van der Waals surface area contributed by atoms with Gasteiger partial charge in [0.15, 0.2) is 4.73 Å². The van der Waals surface area contributed by atoms with Crippen LogP contribution < -0.4 is 5.73 Å². The summed E-state index contributed by atoms with van der Waals surface area (Å²) in [4.78, 5) is 8.37. The average molecular weight is 293 g/mol. The predicted molar refractivity (Wildman–Crippen MR) is 62.5 cm³/mol. The lowest BCUT2D eigenvalue weighted by molar-refractivity contribution is 1.01. The number of aromatic amines is 1. The van der Waals surface area contributed by atoms with Crippen LogP contribution in [0.1, 0.15) is 5.69 Å². The first-order chi connectivity index (χ1) is 6.70. The molecule has 2 aromatic rings. The Bertz CT molecular complexity index is 451. The third-order valence-corrected chi connectivity index (χ3v) is 3.37. The zero-order chi connectivity index (χ0) is 10.1. The SMILES string of the molecule is NCc1[nH]c(Br)nc1-c1ccc(Cl)s1. The standard InChI is InChI=1S/C8H7BrClN3S/c9-8-12-4(3-11)7(13-8)5-1-2-6(10)14-5/h1-2H,3,11H2,(H,12,13). The second kappa shape index (κ2) is 4.02. The third-order valence-electron chi connectivity index (χ3n) is 1.76. The lowest BCUT2D eigenvalue weighted by atomic mass is 10.3. The van der Waals surface area contributed by atoms with Gasteiger partial charge >= 0.3 is 0 Å². The first-order valence-electron chi connectivity index (χ1n) is 3.91. The fourth-order valence-electron chi connectivity index (χ4n) is 1.17. The number of H-pyrrole nitrogens is 1. The molecular formula is C8H7BrClN3S. The Morgan fingerprint density at radius 1 is 1.57 bits per heavy atom. The van der Waals surface area contributed by atoms with Crippen molar-refractivity contribution in [2.75, 3.05) is 0 Å². The highest BCUT2D eigenvalue weighted by molar-refractivity contribution is 9.10. The van der Waals surface area contributed by atoms with Gasteiger partial charge in [-0.2, -0.15) is 0 Å². The molecule has 0 fully saturated rings. The highest BCUT2D eigenvalue weighted by Gasteiger charge is 2.11. The van der Waals surface area contributed by atoms with E-state index in [4.69, 9.17) is 17.3 Å². The number of nitrogens with zero attached hydrogens (tertiary/aromatic N) is 1. The molecule has 74 valence electrons. The minimum atomic E-state index is 0.434. The summed E-state index contributed by atoms with van der Waals surface area (Å²) in [6.07, 6.45) is 0. The number of nitrogens with two attached hydrogens (primary N) is 1. The molecular weight excluding hydrogens is 286 g/mol. The van der Waals surface area contributed by atoms with E-state index in [0.29, 0.717) is 11.3 Å². The van der Waals surface area contributed by atoms with Crippen LogP contribution in [0.5, 0.6) is 0 Å². The van der Waals surface area contributed by atoms with Crippen molar-refractivity contribution < 1.29 is 0 Å². The molecule has 0 atom stereocenters. The molecule has 3 nitrogen and oxygen atoms in total. The molecule has 0 aliphatic heterocycles. The number of nitrogens with one attached hydrogen (secondary N) is 1. The molecule has 0 aliphatic rings. The maximum Gasteiger partial charge on any atom is 0.175 e.